The second kappa shape index (κ2) is 4.63. The zero-order chi connectivity index (χ0) is 12.4. The van der Waals surface area contributed by atoms with Crippen molar-refractivity contribution in [2.75, 3.05) is 23.8 Å². The SMILES string of the molecule is Nc1cc(C(=O)O)ccc1N(CCO)C1CC1. The zero-order valence-corrected chi connectivity index (χ0v) is 9.47. The Kier molecular flexibility index (Phi) is 3.19. The molecule has 0 aliphatic heterocycles. The maximum atomic E-state index is 10.8. The second-order valence-electron chi connectivity index (χ2n) is 4.23. The Morgan fingerprint density at radius 1 is 1.47 bits per heavy atom. The van der Waals surface area contributed by atoms with E-state index < -0.39 is 5.97 Å². The van der Waals surface area contributed by atoms with Gasteiger partial charge >= 0.3 is 5.97 Å². The Morgan fingerprint density at radius 2 is 2.18 bits per heavy atom. The molecule has 0 radical (unpaired) electrons. The minimum absolute atomic E-state index is 0.0661. The molecule has 1 aromatic carbocycles. The van der Waals surface area contributed by atoms with Gasteiger partial charge in [0, 0.05) is 12.6 Å². The van der Waals surface area contributed by atoms with E-state index in [4.69, 9.17) is 15.9 Å². The van der Waals surface area contributed by atoms with Crippen molar-refractivity contribution in [3.63, 3.8) is 0 Å². The summed E-state index contributed by atoms with van der Waals surface area (Å²) >= 11 is 0. The van der Waals surface area contributed by atoms with Gasteiger partial charge < -0.3 is 20.8 Å². The molecule has 5 heteroatoms. The van der Waals surface area contributed by atoms with E-state index in [0.29, 0.717) is 18.3 Å². The third kappa shape index (κ3) is 2.50. The minimum atomic E-state index is -0.983. The molecule has 4 N–H and O–H groups in total. The quantitative estimate of drug-likeness (QED) is 0.662. The Bertz CT molecular complexity index is 430. The van der Waals surface area contributed by atoms with Crippen molar-refractivity contribution < 1.29 is 15.0 Å². The number of hydrogen-bond donors (Lipinski definition) is 3. The first kappa shape index (κ1) is 11.7. The highest BCUT2D eigenvalue weighted by Gasteiger charge is 2.29. The van der Waals surface area contributed by atoms with Crippen molar-refractivity contribution in [3.8, 4) is 0 Å². The number of nitrogens with two attached hydrogens (primary N) is 1. The maximum Gasteiger partial charge on any atom is 0.335 e. The van der Waals surface area contributed by atoms with Crippen LogP contribution in [0, 0.1) is 0 Å². The minimum Gasteiger partial charge on any atom is -0.478 e. The van der Waals surface area contributed by atoms with E-state index in [-0.39, 0.29) is 12.2 Å². The summed E-state index contributed by atoms with van der Waals surface area (Å²) in [5.41, 5.74) is 7.32. The highest BCUT2D eigenvalue weighted by atomic mass is 16.4. The molecule has 0 saturated heterocycles. The fraction of sp³-hybridized carbons (Fsp3) is 0.417. The van der Waals surface area contributed by atoms with Crippen molar-refractivity contribution in [1.82, 2.24) is 0 Å². The number of aliphatic hydroxyl groups excluding tert-OH is 1. The number of anilines is 2. The molecule has 92 valence electrons. The summed E-state index contributed by atoms with van der Waals surface area (Å²) in [6.45, 7) is 0.595. The highest BCUT2D eigenvalue weighted by molar-refractivity contribution is 5.90. The number of aliphatic hydroxyl groups is 1. The average molecular weight is 236 g/mol. The lowest BCUT2D eigenvalue weighted by molar-refractivity contribution is 0.0697. The first-order valence-corrected chi connectivity index (χ1v) is 5.64. The number of rotatable bonds is 5. The first-order chi connectivity index (χ1) is 8.13. The van der Waals surface area contributed by atoms with Crippen LogP contribution in [0.2, 0.25) is 0 Å². The van der Waals surface area contributed by atoms with Gasteiger partial charge in [-0.1, -0.05) is 0 Å². The molecular formula is C12H16N2O3. The number of hydrogen-bond acceptors (Lipinski definition) is 4. The van der Waals surface area contributed by atoms with Gasteiger partial charge in [-0.25, -0.2) is 4.79 Å². The number of aromatic carboxylic acids is 1. The largest absolute Gasteiger partial charge is 0.478 e. The lowest BCUT2D eigenvalue weighted by Gasteiger charge is -2.25. The third-order valence-electron chi connectivity index (χ3n) is 2.91. The smallest absolute Gasteiger partial charge is 0.335 e. The van der Waals surface area contributed by atoms with Crippen LogP contribution in [0.5, 0.6) is 0 Å². The van der Waals surface area contributed by atoms with Gasteiger partial charge in [-0.2, -0.15) is 0 Å². The number of nitrogen functional groups attached to an aromatic ring is 1. The van der Waals surface area contributed by atoms with Crippen molar-refractivity contribution in [3.05, 3.63) is 23.8 Å². The van der Waals surface area contributed by atoms with E-state index in [1.807, 2.05) is 4.90 Å². The number of carboxylic acids is 1. The van der Waals surface area contributed by atoms with E-state index >= 15 is 0 Å². The molecule has 0 amide bonds. The molecule has 1 saturated carbocycles. The predicted octanol–water partition coefficient (Wildman–Crippen LogP) is 0.928. The Hall–Kier alpha value is -1.75. The van der Waals surface area contributed by atoms with Gasteiger partial charge in [0.1, 0.15) is 0 Å². The lowest BCUT2D eigenvalue weighted by atomic mass is 10.1. The molecule has 17 heavy (non-hydrogen) atoms. The van der Waals surface area contributed by atoms with Crippen LogP contribution in [-0.4, -0.2) is 35.4 Å². The van der Waals surface area contributed by atoms with Crippen molar-refractivity contribution in [1.29, 1.82) is 0 Å². The molecule has 0 heterocycles. The van der Waals surface area contributed by atoms with Crippen LogP contribution >= 0.6 is 0 Å². The number of nitrogens with zero attached hydrogens (tertiary/aromatic N) is 1. The van der Waals surface area contributed by atoms with E-state index in [1.165, 1.54) is 6.07 Å². The van der Waals surface area contributed by atoms with E-state index in [0.717, 1.165) is 18.5 Å². The summed E-state index contributed by atoms with van der Waals surface area (Å²) in [4.78, 5) is 12.8. The molecule has 0 bridgehead atoms. The molecule has 1 fully saturated rings. The van der Waals surface area contributed by atoms with Gasteiger partial charge in [0.05, 0.1) is 23.5 Å². The standard InChI is InChI=1S/C12H16N2O3/c13-10-7-8(12(16)17)1-4-11(10)14(5-6-15)9-2-3-9/h1,4,7,9,15H,2-3,5-6,13H2,(H,16,17). The van der Waals surface area contributed by atoms with Crippen LogP contribution in [0.15, 0.2) is 18.2 Å². The van der Waals surface area contributed by atoms with Gasteiger partial charge in [0.25, 0.3) is 0 Å². The average Bonchev–Trinajstić information content (AvgIpc) is 3.10. The summed E-state index contributed by atoms with van der Waals surface area (Å²) in [7, 11) is 0. The van der Waals surface area contributed by atoms with Crippen LogP contribution in [0.1, 0.15) is 23.2 Å². The van der Waals surface area contributed by atoms with Gasteiger partial charge in [-0.05, 0) is 31.0 Å². The molecule has 0 aromatic heterocycles. The molecule has 5 nitrogen and oxygen atoms in total. The molecule has 2 rings (SSSR count). The summed E-state index contributed by atoms with van der Waals surface area (Å²) in [5.74, 6) is -0.983. The Balaban J connectivity index is 2.27. The summed E-state index contributed by atoms with van der Waals surface area (Å²) in [6.07, 6.45) is 2.19. The predicted molar refractivity (Wildman–Crippen MR) is 65.3 cm³/mol. The Morgan fingerprint density at radius 3 is 2.65 bits per heavy atom. The van der Waals surface area contributed by atoms with Crippen LogP contribution in [0.3, 0.4) is 0 Å². The number of carbonyl (C=O) groups is 1. The molecule has 1 aromatic rings. The van der Waals surface area contributed by atoms with Crippen LogP contribution in [-0.2, 0) is 0 Å². The van der Waals surface area contributed by atoms with Gasteiger partial charge in [-0.15, -0.1) is 0 Å². The summed E-state index contributed by atoms with van der Waals surface area (Å²) < 4.78 is 0. The normalized spacial score (nSPS) is 14.6. The Labute approximate surface area is 99.5 Å². The first-order valence-electron chi connectivity index (χ1n) is 5.64. The van der Waals surface area contributed by atoms with Gasteiger partial charge in [-0.3, -0.25) is 0 Å². The van der Waals surface area contributed by atoms with Crippen molar-refractivity contribution >= 4 is 17.3 Å². The molecule has 1 aliphatic rings. The molecular weight excluding hydrogens is 220 g/mol. The van der Waals surface area contributed by atoms with Crippen LogP contribution in [0.25, 0.3) is 0 Å². The third-order valence-corrected chi connectivity index (χ3v) is 2.91. The van der Waals surface area contributed by atoms with Crippen molar-refractivity contribution in [2.45, 2.75) is 18.9 Å². The number of carboxylic acid groups (broad SMARTS) is 1. The van der Waals surface area contributed by atoms with Crippen molar-refractivity contribution in [2.24, 2.45) is 0 Å². The van der Waals surface area contributed by atoms with Gasteiger partial charge in [0.2, 0.25) is 0 Å². The monoisotopic (exact) mass is 236 g/mol. The summed E-state index contributed by atoms with van der Waals surface area (Å²) in [6, 6.07) is 5.15. The van der Waals surface area contributed by atoms with Gasteiger partial charge in [0.15, 0.2) is 0 Å². The molecule has 0 atom stereocenters. The van der Waals surface area contributed by atoms with E-state index in [9.17, 15) is 4.79 Å². The second-order valence-corrected chi connectivity index (χ2v) is 4.23. The van der Waals surface area contributed by atoms with E-state index in [1.54, 1.807) is 12.1 Å². The summed E-state index contributed by atoms with van der Waals surface area (Å²) in [5, 5.41) is 17.9. The van der Waals surface area contributed by atoms with Crippen LogP contribution < -0.4 is 10.6 Å². The zero-order valence-electron chi connectivity index (χ0n) is 9.47. The molecule has 0 spiro atoms. The molecule has 1 aliphatic carbocycles. The fourth-order valence-corrected chi connectivity index (χ4v) is 1.94. The van der Waals surface area contributed by atoms with E-state index in [2.05, 4.69) is 0 Å². The topological polar surface area (TPSA) is 86.8 Å². The van der Waals surface area contributed by atoms with Crippen LogP contribution in [0.4, 0.5) is 11.4 Å². The lowest BCUT2D eigenvalue weighted by Crippen LogP contribution is -2.29. The highest BCUT2D eigenvalue weighted by Crippen LogP contribution is 2.34. The fourth-order valence-electron chi connectivity index (χ4n) is 1.94. The maximum absolute atomic E-state index is 10.8. The molecule has 0 unspecified atom stereocenters. The number of benzene rings is 1.